The minimum absolute atomic E-state index is 0.293. The van der Waals surface area contributed by atoms with E-state index in [0.29, 0.717) is 6.04 Å². The summed E-state index contributed by atoms with van der Waals surface area (Å²) in [5, 5.41) is 10.3. The van der Waals surface area contributed by atoms with E-state index < -0.39 is 0 Å². The minimum atomic E-state index is -0.337. The van der Waals surface area contributed by atoms with E-state index in [2.05, 4.69) is 11.9 Å². The smallest absolute Gasteiger partial charge is 0.0945 e. The van der Waals surface area contributed by atoms with Gasteiger partial charge >= 0.3 is 0 Å². The molecule has 2 atom stereocenters. The van der Waals surface area contributed by atoms with Gasteiger partial charge in [0.2, 0.25) is 0 Å². The highest BCUT2D eigenvalue weighted by Crippen LogP contribution is 2.27. The zero-order valence-electron chi connectivity index (χ0n) is 9.26. The lowest BCUT2D eigenvalue weighted by Gasteiger charge is -2.35. The third-order valence-corrected chi connectivity index (χ3v) is 3.33. The van der Waals surface area contributed by atoms with Crippen LogP contribution in [0.15, 0.2) is 30.3 Å². The molecule has 0 aliphatic carbocycles. The second-order valence-corrected chi connectivity index (χ2v) is 4.40. The molecule has 0 spiro atoms. The normalized spacial score (nSPS) is 25.1. The zero-order valence-corrected chi connectivity index (χ0v) is 9.26. The van der Waals surface area contributed by atoms with Gasteiger partial charge in [-0.25, -0.2) is 0 Å². The number of hydrogen-bond acceptors (Lipinski definition) is 2. The summed E-state index contributed by atoms with van der Waals surface area (Å²) in [5.41, 5.74) is 1.04. The SMILES string of the molecule is CN1CCCC[C@H]1[C@H](O)c1ccccc1. The molecule has 1 aliphatic rings. The van der Waals surface area contributed by atoms with E-state index in [1.165, 1.54) is 12.8 Å². The zero-order chi connectivity index (χ0) is 10.7. The molecule has 1 fully saturated rings. The highest BCUT2D eigenvalue weighted by atomic mass is 16.3. The Kier molecular flexibility index (Phi) is 3.39. The third kappa shape index (κ3) is 2.39. The Morgan fingerprint density at radius 2 is 2.00 bits per heavy atom. The lowest BCUT2D eigenvalue weighted by molar-refractivity contribution is 0.0403. The summed E-state index contributed by atoms with van der Waals surface area (Å²) >= 11 is 0. The Bertz CT molecular complexity index is 299. The molecule has 0 amide bonds. The van der Waals surface area contributed by atoms with E-state index in [9.17, 15) is 5.11 Å². The molecule has 0 aromatic heterocycles. The van der Waals surface area contributed by atoms with E-state index >= 15 is 0 Å². The van der Waals surface area contributed by atoms with E-state index in [4.69, 9.17) is 0 Å². The number of aliphatic hydroxyl groups excluding tert-OH is 1. The van der Waals surface area contributed by atoms with Crippen molar-refractivity contribution in [1.82, 2.24) is 4.90 Å². The van der Waals surface area contributed by atoms with Gasteiger partial charge in [-0.1, -0.05) is 36.8 Å². The van der Waals surface area contributed by atoms with Crippen LogP contribution in [0.2, 0.25) is 0 Å². The van der Waals surface area contributed by atoms with Gasteiger partial charge in [-0.2, -0.15) is 0 Å². The molecule has 1 heterocycles. The van der Waals surface area contributed by atoms with Gasteiger partial charge in [-0.05, 0) is 32.0 Å². The molecule has 1 N–H and O–H groups in total. The maximum absolute atomic E-state index is 10.3. The van der Waals surface area contributed by atoms with E-state index in [1.807, 2.05) is 30.3 Å². The fourth-order valence-electron chi connectivity index (χ4n) is 2.37. The molecule has 82 valence electrons. The van der Waals surface area contributed by atoms with Crippen LogP contribution in [0.5, 0.6) is 0 Å². The second-order valence-electron chi connectivity index (χ2n) is 4.40. The van der Waals surface area contributed by atoms with Gasteiger partial charge < -0.3 is 10.0 Å². The van der Waals surface area contributed by atoms with Crippen molar-refractivity contribution in [3.63, 3.8) is 0 Å². The molecule has 2 heteroatoms. The van der Waals surface area contributed by atoms with Gasteiger partial charge in [-0.15, -0.1) is 0 Å². The number of likely N-dealkylation sites (tertiary alicyclic amines) is 1. The molecule has 2 rings (SSSR count). The largest absolute Gasteiger partial charge is 0.387 e. The maximum atomic E-state index is 10.3. The van der Waals surface area contributed by atoms with Gasteiger partial charge in [0, 0.05) is 6.04 Å². The van der Waals surface area contributed by atoms with Gasteiger partial charge in [0.1, 0.15) is 0 Å². The van der Waals surface area contributed by atoms with Crippen LogP contribution in [0.25, 0.3) is 0 Å². The molecule has 1 saturated heterocycles. The van der Waals surface area contributed by atoms with Crippen LogP contribution >= 0.6 is 0 Å². The predicted octanol–water partition coefficient (Wildman–Crippen LogP) is 2.20. The molecule has 0 bridgehead atoms. The van der Waals surface area contributed by atoms with Crippen molar-refractivity contribution in [3.05, 3.63) is 35.9 Å². The Labute approximate surface area is 91.5 Å². The van der Waals surface area contributed by atoms with Crippen LogP contribution in [0.4, 0.5) is 0 Å². The number of nitrogens with zero attached hydrogens (tertiary/aromatic N) is 1. The fraction of sp³-hybridized carbons (Fsp3) is 0.538. The predicted molar refractivity (Wildman–Crippen MR) is 61.7 cm³/mol. The summed E-state index contributed by atoms with van der Waals surface area (Å²) in [6.07, 6.45) is 3.26. The minimum Gasteiger partial charge on any atom is -0.387 e. The molecule has 0 saturated carbocycles. The van der Waals surface area contributed by atoms with Gasteiger partial charge in [-0.3, -0.25) is 0 Å². The average Bonchev–Trinajstić information content (AvgIpc) is 2.30. The number of hydrogen-bond donors (Lipinski definition) is 1. The van der Waals surface area contributed by atoms with Gasteiger partial charge in [0.25, 0.3) is 0 Å². The lowest BCUT2D eigenvalue weighted by Crippen LogP contribution is -2.40. The number of likely N-dealkylation sites (N-methyl/N-ethyl adjacent to an activating group) is 1. The van der Waals surface area contributed by atoms with Crippen LogP contribution in [-0.4, -0.2) is 29.6 Å². The summed E-state index contributed by atoms with van der Waals surface area (Å²) < 4.78 is 0. The van der Waals surface area contributed by atoms with Crippen molar-refractivity contribution in [2.24, 2.45) is 0 Å². The van der Waals surface area contributed by atoms with Crippen LogP contribution in [0.1, 0.15) is 30.9 Å². The Morgan fingerprint density at radius 1 is 1.27 bits per heavy atom. The highest BCUT2D eigenvalue weighted by Gasteiger charge is 2.26. The lowest BCUT2D eigenvalue weighted by atomic mass is 9.93. The fourth-order valence-corrected chi connectivity index (χ4v) is 2.37. The molecule has 0 radical (unpaired) electrons. The Morgan fingerprint density at radius 3 is 2.67 bits per heavy atom. The molecular formula is C13H19NO. The summed E-state index contributed by atoms with van der Waals surface area (Å²) in [4.78, 5) is 2.28. The van der Waals surface area contributed by atoms with Crippen molar-refractivity contribution >= 4 is 0 Å². The molecule has 0 unspecified atom stereocenters. The van der Waals surface area contributed by atoms with Crippen LogP contribution in [0.3, 0.4) is 0 Å². The van der Waals surface area contributed by atoms with Crippen LogP contribution in [0, 0.1) is 0 Å². The quantitative estimate of drug-likeness (QED) is 0.800. The number of rotatable bonds is 2. The summed E-state index contributed by atoms with van der Waals surface area (Å²) in [7, 11) is 2.11. The highest BCUT2D eigenvalue weighted by molar-refractivity contribution is 5.19. The average molecular weight is 205 g/mol. The maximum Gasteiger partial charge on any atom is 0.0945 e. The summed E-state index contributed by atoms with van der Waals surface area (Å²) in [6.45, 7) is 1.11. The van der Waals surface area contributed by atoms with E-state index in [0.717, 1.165) is 18.5 Å². The standard InChI is InChI=1S/C13H19NO/c1-14-10-6-5-9-12(14)13(15)11-7-3-2-4-8-11/h2-4,7-8,12-13,15H,5-6,9-10H2,1H3/t12-,13+/m0/s1. The topological polar surface area (TPSA) is 23.5 Å². The number of piperidine rings is 1. The van der Waals surface area contributed by atoms with Crippen LogP contribution in [-0.2, 0) is 0 Å². The second kappa shape index (κ2) is 4.77. The number of benzene rings is 1. The first-order valence-electron chi connectivity index (χ1n) is 5.72. The Hall–Kier alpha value is -0.860. The molecular weight excluding hydrogens is 186 g/mol. The van der Waals surface area contributed by atoms with Crippen molar-refractivity contribution in [2.45, 2.75) is 31.4 Å². The molecule has 2 nitrogen and oxygen atoms in total. The Balaban J connectivity index is 2.09. The molecule has 15 heavy (non-hydrogen) atoms. The van der Waals surface area contributed by atoms with Crippen molar-refractivity contribution < 1.29 is 5.11 Å². The third-order valence-electron chi connectivity index (χ3n) is 3.33. The first-order valence-corrected chi connectivity index (χ1v) is 5.72. The monoisotopic (exact) mass is 205 g/mol. The van der Waals surface area contributed by atoms with E-state index in [1.54, 1.807) is 0 Å². The van der Waals surface area contributed by atoms with Crippen LogP contribution < -0.4 is 0 Å². The van der Waals surface area contributed by atoms with Gasteiger partial charge in [0.15, 0.2) is 0 Å². The molecule has 1 aromatic carbocycles. The van der Waals surface area contributed by atoms with Crippen molar-refractivity contribution in [3.8, 4) is 0 Å². The van der Waals surface area contributed by atoms with Gasteiger partial charge in [0.05, 0.1) is 6.10 Å². The first kappa shape index (κ1) is 10.7. The summed E-state index contributed by atoms with van der Waals surface area (Å²) in [6, 6.07) is 10.3. The number of aliphatic hydroxyl groups is 1. The molecule has 1 aromatic rings. The first-order chi connectivity index (χ1) is 7.29. The van der Waals surface area contributed by atoms with Crippen molar-refractivity contribution in [1.29, 1.82) is 0 Å². The summed E-state index contributed by atoms with van der Waals surface area (Å²) in [5.74, 6) is 0. The van der Waals surface area contributed by atoms with Crippen molar-refractivity contribution in [2.75, 3.05) is 13.6 Å². The van der Waals surface area contributed by atoms with E-state index in [-0.39, 0.29) is 6.10 Å². The molecule has 1 aliphatic heterocycles.